The molecule has 0 radical (unpaired) electrons. The summed E-state index contributed by atoms with van der Waals surface area (Å²) in [7, 11) is 3.03. The average Bonchev–Trinajstić information content (AvgIpc) is 2.45. The molecule has 1 amide bonds. The molecule has 122 valence electrons. The van der Waals surface area contributed by atoms with E-state index in [-0.39, 0.29) is 0 Å². The van der Waals surface area contributed by atoms with Gasteiger partial charge >= 0.3 is 6.09 Å². The van der Waals surface area contributed by atoms with Crippen LogP contribution in [-0.4, -0.2) is 32.3 Å². The molecule has 0 spiro atoms. The Balaban J connectivity index is 2.93. The van der Waals surface area contributed by atoms with Gasteiger partial charge in [0.1, 0.15) is 17.1 Å². The van der Waals surface area contributed by atoms with Crippen LogP contribution in [0.5, 0.6) is 11.5 Å². The summed E-state index contributed by atoms with van der Waals surface area (Å²) in [5.74, 6) is -0.290. The fourth-order valence-electron chi connectivity index (χ4n) is 1.71. The lowest BCUT2D eigenvalue weighted by atomic mass is 9.97. The Morgan fingerprint density at radius 2 is 1.64 bits per heavy atom. The molecule has 1 atom stereocenters. The Morgan fingerprint density at radius 1 is 1.14 bits per heavy atom. The summed E-state index contributed by atoms with van der Waals surface area (Å²) in [5, 5.41) is 12.8. The molecule has 1 aromatic carbocycles. The van der Waals surface area contributed by atoms with Crippen molar-refractivity contribution in [1.82, 2.24) is 5.32 Å². The molecule has 0 bridgehead atoms. The van der Waals surface area contributed by atoms with E-state index >= 15 is 0 Å². The molecule has 0 aliphatic rings. The highest BCUT2D eigenvalue weighted by atomic mass is 16.6. The lowest BCUT2D eigenvalue weighted by Crippen LogP contribution is -2.47. The maximum Gasteiger partial charge on any atom is 0.408 e. The molecule has 22 heavy (non-hydrogen) atoms. The third-order valence-corrected chi connectivity index (χ3v) is 3.08. The van der Waals surface area contributed by atoms with Crippen LogP contribution < -0.4 is 19.9 Å². The Bertz CT molecular complexity index is 533. The van der Waals surface area contributed by atoms with Gasteiger partial charge in [0.05, 0.1) is 26.2 Å². The van der Waals surface area contributed by atoms with Gasteiger partial charge in [-0.25, -0.2) is 4.79 Å². The minimum Gasteiger partial charge on any atom is -0.548 e. The first-order chi connectivity index (χ1) is 10.2. The van der Waals surface area contributed by atoms with Crippen LogP contribution in [0.1, 0.15) is 26.3 Å². The first kappa shape index (κ1) is 17.6. The number of carbonyl (C=O) groups excluding carboxylic acids is 2. The zero-order valence-electron chi connectivity index (χ0n) is 13.3. The van der Waals surface area contributed by atoms with Crippen LogP contribution in [-0.2, 0) is 15.1 Å². The lowest BCUT2D eigenvalue weighted by Gasteiger charge is -2.27. The van der Waals surface area contributed by atoms with Gasteiger partial charge in [0.15, 0.2) is 0 Å². The van der Waals surface area contributed by atoms with Crippen LogP contribution in [0.15, 0.2) is 18.2 Å². The molecule has 0 aliphatic carbocycles. The molecule has 7 nitrogen and oxygen atoms in total. The third-order valence-electron chi connectivity index (χ3n) is 3.08. The van der Waals surface area contributed by atoms with Crippen molar-refractivity contribution in [3.8, 4) is 11.5 Å². The Labute approximate surface area is 129 Å². The molecule has 0 aliphatic heterocycles. The fourth-order valence-corrected chi connectivity index (χ4v) is 1.71. The maximum absolute atomic E-state index is 11.8. The van der Waals surface area contributed by atoms with Crippen molar-refractivity contribution in [2.24, 2.45) is 0 Å². The molecule has 1 aromatic rings. The van der Waals surface area contributed by atoms with Crippen molar-refractivity contribution < 1.29 is 28.9 Å². The van der Waals surface area contributed by atoms with Gasteiger partial charge < -0.3 is 29.4 Å². The van der Waals surface area contributed by atoms with Gasteiger partial charge in [-0.15, -0.1) is 0 Å². The zero-order valence-corrected chi connectivity index (χ0v) is 13.3. The molecule has 0 heterocycles. The number of hydrogen-bond donors (Lipinski definition) is 1. The lowest BCUT2D eigenvalue weighted by molar-refractivity contribution is -0.307. The van der Waals surface area contributed by atoms with Gasteiger partial charge in [0.2, 0.25) is 0 Å². The number of ether oxygens (including phenoxy) is 3. The van der Waals surface area contributed by atoms with E-state index in [0.29, 0.717) is 17.1 Å². The summed E-state index contributed by atoms with van der Waals surface area (Å²) < 4.78 is 15.6. The third kappa shape index (κ3) is 4.54. The second-order valence-corrected chi connectivity index (χ2v) is 5.19. The number of methoxy groups -OCH3 is 2. The van der Waals surface area contributed by atoms with E-state index in [1.807, 2.05) is 0 Å². The highest BCUT2D eigenvalue weighted by Crippen LogP contribution is 2.32. The molecule has 1 N–H and O–H groups in total. The monoisotopic (exact) mass is 310 g/mol. The molecule has 0 fully saturated rings. The molecule has 0 saturated heterocycles. The molecule has 0 saturated carbocycles. The van der Waals surface area contributed by atoms with Crippen LogP contribution in [0.25, 0.3) is 0 Å². The minimum absolute atomic E-state index is 0.550. The SMILES string of the molecule is COc1cc(OC)cc(C(C)(C)OC(=O)N[C@@H](C)C(=O)[O-])c1. The predicted molar refractivity (Wildman–Crippen MR) is 76.7 cm³/mol. The smallest absolute Gasteiger partial charge is 0.408 e. The molecular weight excluding hydrogens is 290 g/mol. The van der Waals surface area contributed by atoms with Crippen LogP contribution >= 0.6 is 0 Å². The van der Waals surface area contributed by atoms with Crippen molar-refractivity contribution in [3.63, 3.8) is 0 Å². The maximum atomic E-state index is 11.8. The largest absolute Gasteiger partial charge is 0.548 e. The van der Waals surface area contributed by atoms with Gasteiger partial charge in [-0.05, 0) is 32.9 Å². The van der Waals surface area contributed by atoms with Crippen LogP contribution in [0.4, 0.5) is 4.79 Å². The number of hydrogen-bond acceptors (Lipinski definition) is 6. The number of nitrogens with one attached hydrogen (secondary N) is 1. The number of aliphatic carboxylic acids is 1. The summed E-state index contributed by atoms with van der Waals surface area (Å²) >= 11 is 0. The van der Waals surface area contributed by atoms with Gasteiger partial charge in [-0.3, -0.25) is 0 Å². The quantitative estimate of drug-likeness (QED) is 0.835. The Morgan fingerprint density at radius 3 is 2.05 bits per heavy atom. The van der Waals surface area contributed by atoms with E-state index in [1.165, 1.54) is 21.1 Å². The van der Waals surface area contributed by atoms with Crippen LogP contribution in [0, 0.1) is 0 Å². The van der Waals surface area contributed by atoms with Crippen LogP contribution in [0.2, 0.25) is 0 Å². The van der Waals surface area contributed by atoms with Crippen molar-refractivity contribution in [1.29, 1.82) is 0 Å². The number of benzene rings is 1. The van der Waals surface area contributed by atoms with Gasteiger partial charge in [0.25, 0.3) is 0 Å². The minimum atomic E-state index is -1.39. The highest BCUT2D eigenvalue weighted by Gasteiger charge is 2.27. The summed E-state index contributed by atoms with van der Waals surface area (Å²) in [6.07, 6.45) is -0.858. The van der Waals surface area contributed by atoms with E-state index < -0.39 is 23.7 Å². The summed E-state index contributed by atoms with van der Waals surface area (Å²) in [4.78, 5) is 22.4. The molecule has 0 aromatic heterocycles. The molecule has 0 unspecified atom stereocenters. The Hall–Kier alpha value is -2.44. The van der Waals surface area contributed by atoms with E-state index in [1.54, 1.807) is 32.0 Å². The molecular formula is C15H20NO6-. The second kappa shape index (κ2) is 7.02. The number of carboxylic acids is 1. The normalized spacial score (nSPS) is 12.2. The number of amides is 1. The van der Waals surface area contributed by atoms with E-state index in [4.69, 9.17) is 14.2 Å². The number of alkyl carbamates (subject to hydrolysis) is 1. The van der Waals surface area contributed by atoms with Crippen LogP contribution in [0.3, 0.4) is 0 Å². The standard InChI is InChI=1S/C15H21NO6/c1-9(13(17)18)16-14(19)22-15(2,3)10-6-11(20-4)8-12(7-10)21-5/h6-9H,1-5H3,(H,16,19)(H,17,18)/p-1/t9-/m0/s1. The molecule has 7 heteroatoms. The molecule has 1 rings (SSSR count). The zero-order chi connectivity index (χ0) is 16.9. The van der Waals surface area contributed by atoms with E-state index in [2.05, 4.69) is 5.32 Å². The highest BCUT2D eigenvalue weighted by molar-refractivity contribution is 5.78. The number of carbonyl (C=O) groups is 2. The van der Waals surface area contributed by atoms with E-state index in [9.17, 15) is 14.7 Å². The van der Waals surface area contributed by atoms with Crippen molar-refractivity contribution in [3.05, 3.63) is 23.8 Å². The van der Waals surface area contributed by atoms with E-state index in [0.717, 1.165) is 0 Å². The average molecular weight is 310 g/mol. The summed E-state index contributed by atoms with van der Waals surface area (Å²) in [6, 6.07) is 3.96. The van der Waals surface area contributed by atoms with Crippen molar-refractivity contribution >= 4 is 12.1 Å². The second-order valence-electron chi connectivity index (χ2n) is 5.19. The van der Waals surface area contributed by atoms with Gasteiger partial charge in [0, 0.05) is 11.6 Å². The number of carboxylic acid groups (broad SMARTS) is 1. The predicted octanol–water partition coefficient (Wildman–Crippen LogP) is 0.803. The van der Waals surface area contributed by atoms with Crippen molar-refractivity contribution in [2.45, 2.75) is 32.4 Å². The first-order valence-corrected chi connectivity index (χ1v) is 6.63. The first-order valence-electron chi connectivity index (χ1n) is 6.63. The summed E-state index contributed by atoms with van der Waals surface area (Å²) in [5.41, 5.74) is -0.377. The van der Waals surface area contributed by atoms with Gasteiger partial charge in [-0.2, -0.15) is 0 Å². The Kier molecular flexibility index (Phi) is 5.62. The topological polar surface area (TPSA) is 96.9 Å². The summed E-state index contributed by atoms with van der Waals surface area (Å²) in [6.45, 7) is 4.63. The van der Waals surface area contributed by atoms with Crippen molar-refractivity contribution in [2.75, 3.05) is 14.2 Å². The fraction of sp³-hybridized carbons (Fsp3) is 0.467. The van der Waals surface area contributed by atoms with Gasteiger partial charge in [-0.1, -0.05) is 0 Å². The number of rotatable bonds is 6.